The molecule has 2 aromatic carbocycles. The first-order valence-corrected chi connectivity index (χ1v) is 7.33. The Kier molecular flexibility index (Phi) is 2.67. The molecule has 5 heteroatoms. The van der Waals surface area contributed by atoms with Gasteiger partial charge in [0, 0.05) is 35.9 Å². The number of aryl methyl sites for hydroxylation is 1. The van der Waals surface area contributed by atoms with Crippen LogP contribution in [0.25, 0.3) is 21.8 Å². The van der Waals surface area contributed by atoms with Gasteiger partial charge in [-0.15, -0.1) is 0 Å². The van der Waals surface area contributed by atoms with Gasteiger partial charge in [0.25, 0.3) is 0 Å². The molecular weight excluding hydrogens is 280 g/mol. The van der Waals surface area contributed by atoms with E-state index < -0.39 is 0 Å². The van der Waals surface area contributed by atoms with Crippen LogP contribution in [-0.2, 0) is 7.05 Å². The lowest BCUT2D eigenvalue weighted by molar-refractivity contribution is 0.239. The largest absolute Gasteiger partial charge is 0.344 e. The Morgan fingerprint density at radius 1 is 1.00 bits per heavy atom. The van der Waals surface area contributed by atoms with Crippen molar-refractivity contribution in [2.24, 2.45) is 7.05 Å². The van der Waals surface area contributed by atoms with Crippen molar-refractivity contribution in [3.8, 4) is 0 Å². The number of nitrogens with zero attached hydrogens (tertiary/aromatic N) is 2. The zero-order valence-corrected chi connectivity index (χ0v) is 12.7. The molecule has 0 aliphatic carbocycles. The molecule has 1 aromatic heterocycles. The Bertz CT molecular complexity index is 867. The average molecular weight is 296 g/mol. The topological polar surface area (TPSA) is 32.2 Å². The number of hydrazine groups is 1. The van der Waals surface area contributed by atoms with E-state index in [1.54, 1.807) is 0 Å². The molecule has 0 radical (unpaired) electrons. The summed E-state index contributed by atoms with van der Waals surface area (Å²) >= 11 is 5.18. The molecule has 4 nitrogen and oxygen atoms in total. The van der Waals surface area contributed by atoms with E-state index in [-0.39, 0.29) is 6.17 Å². The fourth-order valence-electron chi connectivity index (χ4n) is 3.14. The molecule has 1 saturated heterocycles. The lowest BCUT2D eigenvalue weighted by Crippen LogP contribution is -2.29. The molecule has 1 aliphatic rings. The van der Waals surface area contributed by atoms with Crippen molar-refractivity contribution in [1.29, 1.82) is 0 Å². The summed E-state index contributed by atoms with van der Waals surface area (Å²) in [7, 11) is 4.10. The molecule has 1 aliphatic heterocycles. The number of fused-ring (bicyclic) bond motifs is 3. The van der Waals surface area contributed by atoms with Crippen LogP contribution in [0.4, 0.5) is 0 Å². The summed E-state index contributed by atoms with van der Waals surface area (Å²) in [6.07, 6.45) is 0.0702. The molecule has 1 unspecified atom stereocenters. The molecule has 1 atom stereocenters. The molecule has 4 rings (SSSR count). The average Bonchev–Trinajstić information content (AvgIpc) is 2.97. The van der Waals surface area contributed by atoms with Crippen molar-refractivity contribution in [2.75, 3.05) is 7.05 Å². The van der Waals surface area contributed by atoms with Crippen molar-refractivity contribution in [3.05, 3.63) is 48.0 Å². The normalized spacial score (nSPS) is 19.1. The van der Waals surface area contributed by atoms with Gasteiger partial charge in [0.15, 0.2) is 5.11 Å². The number of para-hydroxylation sites is 1. The predicted molar refractivity (Wildman–Crippen MR) is 89.8 cm³/mol. The maximum Gasteiger partial charge on any atom is 0.182 e. The van der Waals surface area contributed by atoms with E-state index in [1.807, 2.05) is 12.1 Å². The Hall–Kier alpha value is -2.11. The summed E-state index contributed by atoms with van der Waals surface area (Å²) in [5.41, 5.74) is 6.81. The van der Waals surface area contributed by atoms with Gasteiger partial charge in [0.1, 0.15) is 6.17 Å². The standard InChI is InChI=1S/C16H16N4S/c1-19-13-6-4-3-5-11(13)12-9-10(7-8-14(12)19)15-17-16(21)18-20(15)2/h3-9,15H,1-2H3,(H2,17,18,21). The van der Waals surface area contributed by atoms with Gasteiger partial charge in [-0.1, -0.05) is 24.3 Å². The first-order valence-electron chi connectivity index (χ1n) is 6.92. The second-order valence-corrected chi connectivity index (χ2v) is 5.86. The fraction of sp³-hybridized carbons (Fsp3) is 0.188. The lowest BCUT2D eigenvalue weighted by Gasteiger charge is -2.18. The predicted octanol–water partition coefficient (Wildman–Crippen LogP) is 2.65. The SMILES string of the molecule is CN1NC(=S)NC1c1ccc2c(c1)c1ccccc1n2C. The minimum atomic E-state index is 0.0702. The Balaban J connectivity index is 1.94. The smallest absolute Gasteiger partial charge is 0.182 e. The summed E-state index contributed by atoms with van der Waals surface area (Å²) in [4.78, 5) is 0. The van der Waals surface area contributed by atoms with Crippen molar-refractivity contribution >= 4 is 39.1 Å². The third-order valence-electron chi connectivity index (χ3n) is 4.19. The highest BCUT2D eigenvalue weighted by molar-refractivity contribution is 7.80. The second kappa shape index (κ2) is 4.44. The van der Waals surface area contributed by atoms with Crippen LogP contribution in [0.5, 0.6) is 0 Å². The van der Waals surface area contributed by atoms with Gasteiger partial charge < -0.3 is 9.88 Å². The Labute approximate surface area is 128 Å². The zero-order chi connectivity index (χ0) is 14.6. The van der Waals surface area contributed by atoms with Crippen LogP contribution in [0.2, 0.25) is 0 Å². The lowest BCUT2D eigenvalue weighted by atomic mass is 10.1. The van der Waals surface area contributed by atoms with Crippen molar-refractivity contribution < 1.29 is 0 Å². The molecule has 0 saturated carbocycles. The van der Waals surface area contributed by atoms with Gasteiger partial charge in [-0.25, -0.2) is 0 Å². The summed E-state index contributed by atoms with van der Waals surface area (Å²) in [5, 5.41) is 8.50. The summed E-state index contributed by atoms with van der Waals surface area (Å²) in [6.45, 7) is 0. The second-order valence-electron chi connectivity index (χ2n) is 5.45. The molecule has 21 heavy (non-hydrogen) atoms. The molecule has 106 valence electrons. The molecule has 2 heterocycles. The van der Waals surface area contributed by atoms with E-state index in [0.717, 1.165) is 0 Å². The van der Waals surface area contributed by atoms with E-state index >= 15 is 0 Å². The van der Waals surface area contributed by atoms with E-state index in [9.17, 15) is 0 Å². The minimum absolute atomic E-state index is 0.0702. The van der Waals surface area contributed by atoms with Crippen LogP contribution in [0, 0.1) is 0 Å². The fourth-order valence-corrected chi connectivity index (χ4v) is 3.40. The van der Waals surface area contributed by atoms with Crippen LogP contribution in [0.15, 0.2) is 42.5 Å². The highest BCUT2D eigenvalue weighted by Gasteiger charge is 2.25. The number of nitrogens with one attached hydrogen (secondary N) is 2. The number of hydrogen-bond acceptors (Lipinski definition) is 2. The number of thiocarbonyl (C=S) groups is 1. The van der Waals surface area contributed by atoms with Gasteiger partial charge in [-0.2, -0.15) is 5.01 Å². The van der Waals surface area contributed by atoms with Gasteiger partial charge in [0.05, 0.1) is 0 Å². The van der Waals surface area contributed by atoms with Crippen LogP contribution in [-0.4, -0.2) is 21.7 Å². The van der Waals surface area contributed by atoms with E-state index in [2.05, 4.69) is 64.8 Å². The third-order valence-corrected chi connectivity index (χ3v) is 4.40. The maximum atomic E-state index is 5.18. The number of rotatable bonds is 1. The van der Waals surface area contributed by atoms with E-state index in [1.165, 1.54) is 27.4 Å². The van der Waals surface area contributed by atoms with Crippen molar-refractivity contribution in [1.82, 2.24) is 20.3 Å². The molecular formula is C16H16N4S. The van der Waals surface area contributed by atoms with Crippen LogP contribution < -0.4 is 10.7 Å². The van der Waals surface area contributed by atoms with E-state index in [4.69, 9.17) is 12.2 Å². The zero-order valence-electron chi connectivity index (χ0n) is 11.9. The molecule has 2 N–H and O–H groups in total. The number of benzene rings is 2. The van der Waals surface area contributed by atoms with Gasteiger partial charge in [-0.05, 0) is 36.0 Å². The van der Waals surface area contributed by atoms with Gasteiger partial charge in [-0.3, -0.25) is 5.43 Å². The molecule has 0 amide bonds. The van der Waals surface area contributed by atoms with Crippen molar-refractivity contribution in [3.63, 3.8) is 0 Å². The highest BCUT2D eigenvalue weighted by Crippen LogP contribution is 2.31. The monoisotopic (exact) mass is 296 g/mol. The van der Waals surface area contributed by atoms with Crippen LogP contribution in [0.3, 0.4) is 0 Å². The Morgan fingerprint density at radius 3 is 2.52 bits per heavy atom. The molecule has 1 fully saturated rings. The first-order chi connectivity index (χ1) is 10.1. The Morgan fingerprint density at radius 2 is 1.76 bits per heavy atom. The molecule has 0 bridgehead atoms. The van der Waals surface area contributed by atoms with Crippen LogP contribution in [0.1, 0.15) is 11.7 Å². The summed E-state index contributed by atoms with van der Waals surface area (Å²) in [6, 6.07) is 15.1. The first kappa shape index (κ1) is 12.6. The number of hydrogen-bond donors (Lipinski definition) is 2. The number of aromatic nitrogens is 1. The minimum Gasteiger partial charge on any atom is -0.344 e. The quantitative estimate of drug-likeness (QED) is 0.676. The summed E-state index contributed by atoms with van der Waals surface area (Å²) < 4.78 is 2.24. The van der Waals surface area contributed by atoms with Gasteiger partial charge >= 0.3 is 0 Å². The molecule has 3 aromatic rings. The van der Waals surface area contributed by atoms with Gasteiger partial charge in [0.2, 0.25) is 0 Å². The third kappa shape index (κ3) is 1.81. The van der Waals surface area contributed by atoms with Crippen molar-refractivity contribution in [2.45, 2.75) is 6.17 Å². The highest BCUT2D eigenvalue weighted by atomic mass is 32.1. The maximum absolute atomic E-state index is 5.18. The van der Waals surface area contributed by atoms with E-state index in [0.29, 0.717) is 5.11 Å². The van der Waals surface area contributed by atoms with Crippen LogP contribution >= 0.6 is 12.2 Å². The molecule has 0 spiro atoms. The summed E-state index contributed by atoms with van der Waals surface area (Å²) in [5.74, 6) is 0.